The molecule has 182 valence electrons. The second-order valence-electron chi connectivity index (χ2n) is 8.91. The van der Waals surface area contributed by atoms with Crippen LogP contribution in [0.4, 0.5) is 26.3 Å². The Morgan fingerprint density at radius 2 is 1.94 bits per heavy atom. The van der Waals surface area contributed by atoms with Crippen molar-refractivity contribution >= 4 is 16.9 Å². The highest BCUT2D eigenvalue weighted by molar-refractivity contribution is 5.82. The summed E-state index contributed by atoms with van der Waals surface area (Å²) in [6.07, 6.45) is -3.75. The number of hydrogen-bond donors (Lipinski definition) is 2. The molecule has 2 aromatic rings. The molecular formula is C20H23F6N5O2. The number of aromatic nitrogens is 2. The topological polar surface area (TPSA) is 73.5 Å². The Morgan fingerprint density at radius 3 is 2.55 bits per heavy atom. The van der Waals surface area contributed by atoms with E-state index in [1.807, 2.05) is 15.1 Å². The van der Waals surface area contributed by atoms with Gasteiger partial charge in [0.25, 0.3) is 0 Å². The van der Waals surface area contributed by atoms with E-state index < -0.39 is 30.1 Å². The number of rotatable bonds is 7. The second kappa shape index (κ2) is 8.35. The lowest BCUT2D eigenvalue weighted by atomic mass is 9.87. The summed E-state index contributed by atoms with van der Waals surface area (Å²) in [5, 5.41) is 2.04. The van der Waals surface area contributed by atoms with Crippen molar-refractivity contribution in [3.8, 4) is 5.75 Å². The van der Waals surface area contributed by atoms with E-state index in [1.165, 1.54) is 0 Å². The molecule has 2 atom stereocenters. The van der Waals surface area contributed by atoms with Gasteiger partial charge in [0.1, 0.15) is 22.4 Å². The number of fused-ring (bicyclic) bond motifs is 3. The number of nitrogens with one attached hydrogen (secondary N) is 2. The van der Waals surface area contributed by atoms with E-state index >= 15 is 0 Å². The van der Waals surface area contributed by atoms with Gasteiger partial charge in [-0.2, -0.15) is 22.0 Å². The van der Waals surface area contributed by atoms with Crippen LogP contribution in [-0.4, -0.2) is 75.7 Å². The molecule has 1 amide bonds. The Hall–Kier alpha value is -2.54. The molecule has 0 saturated carbocycles. The van der Waals surface area contributed by atoms with Crippen molar-refractivity contribution in [2.45, 2.75) is 57.2 Å². The van der Waals surface area contributed by atoms with Crippen molar-refractivity contribution in [2.24, 2.45) is 0 Å². The lowest BCUT2D eigenvalue weighted by Crippen LogP contribution is -2.70. The molecular weight excluding hydrogens is 456 g/mol. The first kappa shape index (κ1) is 23.6. The Bertz CT molecular complexity index is 1030. The van der Waals surface area contributed by atoms with Crippen molar-refractivity contribution in [1.82, 2.24) is 25.1 Å². The highest BCUT2D eigenvalue weighted by atomic mass is 19.4. The van der Waals surface area contributed by atoms with E-state index in [1.54, 1.807) is 0 Å². The van der Waals surface area contributed by atoms with E-state index in [-0.39, 0.29) is 42.0 Å². The van der Waals surface area contributed by atoms with Gasteiger partial charge in [0.2, 0.25) is 5.91 Å². The van der Waals surface area contributed by atoms with Gasteiger partial charge in [-0.05, 0) is 32.4 Å². The molecule has 3 fully saturated rings. The van der Waals surface area contributed by atoms with Gasteiger partial charge in [-0.15, -0.1) is 0 Å². The van der Waals surface area contributed by atoms with E-state index in [4.69, 9.17) is 0 Å². The van der Waals surface area contributed by atoms with Crippen molar-refractivity contribution in [3.63, 3.8) is 0 Å². The summed E-state index contributed by atoms with van der Waals surface area (Å²) in [5.74, 6) is -1.21. The monoisotopic (exact) mass is 479 g/mol. The minimum absolute atomic E-state index is 0.0117. The molecule has 3 saturated heterocycles. The number of aromatic amines is 1. The quantitative estimate of drug-likeness (QED) is 0.598. The number of ether oxygens (including phenoxy) is 1. The van der Waals surface area contributed by atoms with Crippen molar-refractivity contribution in [3.05, 3.63) is 23.8 Å². The summed E-state index contributed by atoms with van der Waals surface area (Å²) in [6, 6.07) is 2.08. The maximum absolute atomic E-state index is 14.1. The van der Waals surface area contributed by atoms with Gasteiger partial charge in [-0.3, -0.25) is 14.6 Å². The molecule has 1 aromatic carbocycles. The van der Waals surface area contributed by atoms with Crippen LogP contribution in [0, 0.1) is 5.82 Å². The number of alkyl halides is 5. The van der Waals surface area contributed by atoms with Crippen LogP contribution >= 0.6 is 0 Å². The number of amides is 1. The van der Waals surface area contributed by atoms with Crippen LogP contribution in [0.25, 0.3) is 11.0 Å². The normalized spacial score (nSPS) is 22.0. The summed E-state index contributed by atoms with van der Waals surface area (Å²) in [7, 11) is 0. The van der Waals surface area contributed by atoms with E-state index in [2.05, 4.69) is 14.7 Å². The first-order valence-corrected chi connectivity index (χ1v) is 10.3. The van der Waals surface area contributed by atoms with Crippen molar-refractivity contribution < 1.29 is 35.9 Å². The number of carbonyl (C=O) groups is 1. The van der Waals surface area contributed by atoms with Gasteiger partial charge < -0.3 is 15.0 Å². The number of imidazole rings is 1. The third kappa shape index (κ3) is 4.74. The van der Waals surface area contributed by atoms with Crippen molar-refractivity contribution in [2.75, 3.05) is 19.6 Å². The van der Waals surface area contributed by atoms with Crippen LogP contribution < -0.4 is 10.1 Å². The van der Waals surface area contributed by atoms with Crippen LogP contribution in [0.2, 0.25) is 0 Å². The van der Waals surface area contributed by atoms with Crippen molar-refractivity contribution in [1.29, 1.82) is 0 Å². The van der Waals surface area contributed by atoms with Gasteiger partial charge >= 0.3 is 12.8 Å². The number of carbonyl (C=O) groups excluding carboxylic acids is 1. The van der Waals surface area contributed by atoms with Crippen LogP contribution in [0.1, 0.15) is 26.1 Å². The molecule has 1 aromatic heterocycles. The average Bonchev–Trinajstić information content (AvgIpc) is 3.11. The lowest BCUT2D eigenvalue weighted by Gasteiger charge is -2.56. The molecule has 2 unspecified atom stereocenters. The molecule has 0 spiro atoms. The van der Waals surface area contributed by atoms with E-state index in [9.17, 15) is 31.1 Å². The Morgan fingerprint density at radius 1 is 1.27 bits per heavy atom. The smallest absolute Gasteiger partial charge is 0.410 e. The number of benzene rings is 1. The molecule has 33 heavy (non-hydrogen) atoms. The van der Waals surface area contributed by atoms with Gasteiger partial charge in [-0.1, -0.05) is 0 Å². The molecule has 7 nitrogen and oxygen atoms in total. The molecule has 13 heteroatoms. The van der Waals surface area contributed by atoms with Crippen LogP contribution in [0.3, 0.4) is 0 Å². The Labute approximate surface area is 185 Å². The number of H-pyrrole nitrogens is 1. The lowest BCUT2D eigenvalue weighted by molar-refractivity contribution is -0.189. The SMILES string of the molecule is CC(C)(NC(=O)CN1C2CC1CN(Cc1nc3c(F)ccc(OC(F)F)c3[nH]1)C2)C(F)(F)F. The number of piperidine rings is 1. The van der Waals surface area contributed by atoms with Gasteiger partial charge in [0.05, 0.1) is 13.1 Å². The Kier molecular flexibility index (Phi) is 5.97. The fraction of sp³-hybridized carbons (Fsp3) is 0.600. The number of halogens is 6. The number of hydrogen-bond acceptors (Lipinski definition) is 5. The molecule has 3 aliphatic rings. The Balaban J connectivity index is 1.37. The molecule has 0 radical (unpaired) electrons. The summed E-state index contributed by atoms with van der Waals surface area (Å²) in [4.78, 5) is 23.0. The zero-order valence-electron chi connectivity index (χ0n) is 17.8. The number of nitrogens with zero attached hydrogens (tertiary/aromatic N) is 3. The zero-order chi connectivity index (χ0) is 24.1. The summed E-state index contributed by atoms with van der Waals surface area (Å²) in [6.45, 7) is -0.0127. The minimum Gasteiger partial charge on any atom is -0.433 e. The fourth-order valence-electron chi connectivity index (χ4n) is 4.35. The number of piperazine rings is 1. The molecule has 3 aliphatic heterocycles. The predicted octanol–water partition coefficient (Wildman–Crippen LogP) is 3.02. The summed E-state index contributed by atoms with van der Waals surface area (Å²) < 4.78 is 82.7. The molecule has 4 heterocycles. The highest BCUT2D eigenvalue weighted by Gasteiger charge is 2.50. The van der Waals surface area contributed by atoms with Crippen LogP contribution in [0.15, 0.2) is 12.1 Å². The second-order valence-corrected chi connectivity index (χ2v) is 8.91. The third-order valence-electron chi connectivity index (χ3n) is 6.10. The van der Waals surface area contributed by atoms with Crippen LogP contribution in [0.5, 0.6) is 5.75 Å². The summed E-state index contributed by atoms with van der Waals surface area (Å²) >= 11 is 0. The maximum Gasteiger partial charge on any atom is 0.410 e. The van der Waals surface area contributed by atoms with Crippen LogP contribution in [-0.2, 0) is 11.3 Å². The average molecular weight is 479 g/mol. The molecule has 5 rings (SSSR count). The van der Waals surface area contributed by atoms with Gasteiger partial charge in [-0.25, -0.2) is 9.37 Å². The largest absolute Gasteiger partial charge is 0.433 e. The molecule has 2 N–H and O–H groups in total. The third-order valence-corrected chi connectivity index (χ3v) is 6.10. The van der Waals surface area contributed by atoms with Gasteiger partial charge in [0.15, 0.2) is 11.6 Å². The minimum atomic E-state index is -4.56. The molecule has 0 aliphatic carbocycles. The fourth-order valence-corrected chi connectivity index (χ4v) is 4.35. The maximum atomic E-state index is 14.1. The van der Waals surface area contributed by atoms with E-state index in [0.29, 0.717) is 18.9 Å². The van der Waals surface area contributed by atoms with Gasteiger partial charge in [0, 0.05) is 25.2 Å². The summed E-state index contributed by atoms with van der Waals surface area (Å²) in [5.41, 5.74) is -2.38. The first-order valence-electron chi connectivity index (χ1n) is 10.3. The predicted molar refractivity (Wildman–Crippen MR) is 105 cm³/mol. The standard InChI is InChI=1S/C20H23F6N5O2/c1-19(2,20(24,25)26)29-15(32)9-31-10-5-11(31)7-30(6-10)8-14-27-16-12(21)3-4-13(17(16)28-14)33-18(22)23/h3-4,10-11,18H,5-9H2,1-2H3,(H,27,28)(H,29,32). The molecule has 2 bridgehead atoms. The zero-order valence-corrected chi connectivity index (χ0v) is 17.8. The van der Waals surface area contributed by atoms with E-state index in [0.717, 1.165) is 32.4 Å². The first-order chi connectivity index (χ1) is 15.3. The highest BCUT2D eigenvalue weighted by Crippen LogP contribution is 2.34.